The number of rotatable bonds is 3. The molecule has 23 heavy (non-hydrogen) atoms. The normalized spacial score (nSPS) is 10.9. The molecule has 3 aromatic rings. The minimum absolute atomic E-state index is 0.0400. The SMILES string of the molecule is COc1c(Cl)ccc(-c2cn3cc(C(=O)O)cc3c(=O)[nH]2)c1F. The average Bonchev–Trinajstić information content (AvgIpc) is 2.92. The van der Waals surface area contributed by atoms with Gasteiger partial charge in [-0.05, 0) is 18.2 Å². The van der Waals surface area contributed by atoms with Gasteiger partial charge in [0, 0.05) is 18.0 Å². The first-order chi connectivity index (χ1) is 10.9. The summed E-state index contributed by atoms with van der Waals surface area (Å²) >= 11 is 5.85. The molecule has 118 valence electrons. The lowest BCUT2D eigenvalue weighted by atomic mass is 10.1. The van der Waals surface area contributed by atoms with E-state index >= 15 is 0 Å². The van der Waals surface area contributed by atoms with E-state index in [2.05, 4.69) is 4.98 Å². The second-order valence-corrected chi connectivity index (χ2v) is 5.17. The minimum atomic E-state index is -1.16. The Kier molecular flexibility index (Phi) is 3.57. The molecular formula is C15H10ClFN2O4. The number of hydrogen-bond acceptors (Lipinski definition) is 3. The van der Waals surface area contributed by atoms with Gasteiger partial charge in [-0.15, -0.1) is 0 Å². The van der Waals surface area contributed by atoms with Crippen molar-refractivity contribution in [1.82, 2.24) is 9.38 Å². The Hall–Kier alpha value is -2.80. The number of fused-ring (bicyclic) bond motifs is 1. The molecule has 0 aliphatic carbocycles. The topological polar surface area (TPSA) is 83.8 Å². The molecule has 0 aliphatic heterocycles. The fourth-order valence-electron chi connectivity index (χ4n) is 2.31. The van der Waals surface area contributed by atoms with Crippen LogP contribution in [0.25, 0.3) is 16.8 Å². The Morgan fingerprint density at radius 3 is 2.78 bits per heavy atom. The largest absolute Gasteiger partial charge is 0.492 e. The van der Waals surface area contributed by atoms with Crippen LogP contribution in [-0.2, 0) is 0 Å². The number of aromatic amines is 1. The summed E-state index contributed by atoms with van der Waals surface area (Å²) < 4.78 is 20.7. The van der Waals surface area contributed by atoms with E-state index in [1.54, 1.807) is 0 Å². The maximum Gasteiger partial charge on any atom is 0.337 e. The quantitative estimate of drug-likeness (QED) is 0.770. The van der Waals surface area contributed by atoms with Gasteiger partial charge in [-0.1, -0.05) is 11.6 Å². The number of aromatic carboxylic acids is 1. The van der Waals surface area contributed by atoms with E-state index in [1.165, 1.54) is 42.1 Å². The van der Waals surface area contributed by atoms with E-state index in [0.29, 0.717) is 0 Å². The minimum Gasteiger partial charge on any atom is -0.492 e. The molecule has 3 rings (SSSR count). The van der Waals surface area contributed by atoms with Crippen molar-refractivity contribution in [3.63, 3.8) is 0 Å². The highest BCUT2D eigenvalue weighted by molar-refractivity contribution is 6.32. The lowest BCUT2D eigenvalue weighted by molar-refractivity contribution is 0.0697. The van der Waals surface area contributed by atoms with Crippen molar-refractivity contribution in [3.8, 4) is 17.0 Å². The van der Waals surface area contributed by atoms with E-state index in [9.17, 15) is 14.0 Å². The number of aromatic nitrogens is 2. The summed E-state index contributed by atoms with van der Waals surface area (Å²) in [5.41, 5.74) is -0.184. The zero-order valence-electron chi connectivity index (χ0n) is 11.8. The second kappa shape index (κ2) is 5.44. The third kappa shape index (κ3) is 2.44. The van der Waals surface area contributed by atoms with E-state index in [0.717, 1.165) is 0 Å². The number of benzene rings is 1. The van der Waals surface area contributed by atoms with Crippen molar-refractivity contribution >= 4 is 23.1 Å². The number of H-pyrrole nitrogens is 1. The number of hydrogen-bond donors (Lipinski definition) is 2. The van der Waals surface area contributed by atoms with E-state index in [4.69, 9.17) is 21.4 Å². The van der Waals surface area contributed by atoms with Crippen LogP contribution < -0.4 is 10.3 Å². The number of carboxylic acid groups (broad SMARTS) is 1. The summed E-state index contributed by atoms with van der Waals surface area (Å²) in [7, 11) is 1.28. The molecule has 0 aliphatic rings. The predicted molar refractivity (Wildman–Crippen MR) is 81.9 cm³/mol. The van der Waals surface area contributed by atoms with Crippen molar-refractivity contribution in [2.24, 2.45) is 0 Å². The molecular weight excluding hydrogens is 327 g/mol. The van der Waals surface area contributed by atoms with E-state index < -0.39 is 17.3 Å². The van der Waals surface area contributed by atoms with Crippen LogP contribution in [0.15, 0.2) is 35.4 Å². The molecule has 1 aromatic carbocycles. The standard InChI is InChI=1S/C15H10ClFN2O4/c1-23-13-9(16)3-2-8(12(13)17)10-6-19-5-7(15(21)22)4-11(19)14(20)18-10/h2-6H,1H3,(H,18,20)(H,21,22). The van der Waals surface area contributed by atoms with Crippen LogP contribution in [0.4, 0.5) is 4.39 Å². The van der Waals surface area contributed by atoms with E-state index in [-0.39, 0.29) is 33.1 Å². The van der Waals surface area contributed by atoms with E-state index in [1.807, 2.05) is 0 Å². The second-order valence-electron chi connectivity index (χ2n) is 4.77. The molecule has 0 radical (unpaired) electrons. The van der Waals surface area contributed by atoms with Gasteiger partial charge in [-0.2, -0.15) is 0 Å². The zero-order chi connectivity index (χ0) is 16.7. The fraction of sp³-hybridized carbons (Fsp3) is 0.0667. The molecule has 0 unspecified atom stereocenters. The first-order valence-corrected chi connectivity index (χ1v) is 6.81. The highest BCUT2D eigenvalue weighted by Crippen LogP contribution is 2.33. The Morgan fingerprint density at radius 1 is 1.39 bits per heavy atom. The predicted octanol–water partition coefficient (Wildman–Crippen LogP) is 2.79. The summed E-state index contributed by atoms with van der Waals surface area (Å²) in [6, 6.07) is 4.09. The van der Waals surface area contributed by atoms with Gasteiger partial charge in [-0.3, -0.25) is 4.79 Å². The van der Waals surface area contributed by atoms with Crippen LogP contribution in [0.1, 0.15) is 10.4 Å². The third-order valence-corrected chi connectivity index (χ3v) is 3.69. The average molecular weight is 337 g/mol. The monoisotopic (exact) mass is 336 g/mol. The maximum atomic E-state index is 14.4. The number of nitrogens with zero attached hydrogens (tertiary/aromatic N) is 1. The molecule has 0 bridgehead atoms. The Bertz CT molecular complexity index is 993. The third-order valence-electron chi connectivity index (χ3n) is 3.39. The molecule has 8 heteroatoms. The van der Waals surface area contributed by atoms with Crippen LogP contribution in [0.3, 0.4) is 0 Å². The fourth-order valence-corrected chi connectivity index (χ4v) is 2.53. The molecule has 2 heterocycles. The summed E-state index contributed by atoms with van der Waals surface area (Å²) in [5, 5.41) is 9.09. The van der Waals surface area contributed by atoms with Crippen LogP contribution >= 0.6 is 11.6 Å². The van der Waals surface area contributed by atoms with Gasteiger partial charge < -0.3 is 19.2 Å². The number of nitrogens with one attached hydrogen (secondary N) is 1. The van der Waals surface area contributed by atoms with Gasteiger partial charge in [0.1, 0.15) is 5.52 Å². The lowest BCUT2D eigenvalue weighted by Gasteiger charge is -2.09. The highest BCUT2D eigenvalue weighted by Gasteiger charge is 2.17. The highest BCUT2D eigenvalue weighted by atomic mass is 35.5. The first-order valence-electron chi connectivity index (χ1n) is 6.43. The van der Waals surface area contributed by atoms with Gasteiger partial charge in [0.05, 0.1) is 23.4 Å². The van der Waals surface area contributed by atoms with Crippen molar-refractivity contribution in [2.75, 3.05) is 7.11 Å². The van der Waals surface area contributed by atoms with Crippen LogP contribution in [0.2, 0.25) is 5.02 Å². The van der Waals surface area contributed by atoms with Crippen molar-refractivity contribution in [1.29, 1.82) is 0 Å². The zero-order valence-corrected chi connectivity index (χ0v) is 12.5. The van der Waals surface area contributed by atoms with Crippen LogP contribution in [0, 0.1) is 5.82 Å². The smallest absolute Gasteiger partial charge is 0.337 e. The summed E-state index contributed by atoms with van der Waals surface area (Å²) in [6.07, 6.45) is 2.70. The molecule has 2 N–H and O–H groups in total. The Morgan fingerprint density at radius 2 is 2.13 bits per heavy atom. The first kappa shape index (κ1) is 15.1. The van der Waals surface area contributed by atoms with Gasteiger partial charge in [0.2, 0.25) is 0 Å². The molecule has 0 spiro atoms. The molecule has 0 atom stereocenters. The molecule has 0 amide bonds. The van der Waals surface area contributed by atoms with Crippen molar-refractivity contribution < 1.29 is 19.0 Å². The summed E-state index contributed by atoms with van der Waals surface area (Å²) in [6.45, 7) is 0. The molecule has 6 nitrogen and oxygen atoms in total. The van der Waals surface area contributed by atoms with Crippen molar-refractivity contribution in [3.05, 3.63) is 57.3 Å². The number of carbonyl (C=O) groups is 1. The Labute approximate surface area is 133 Å². The number of methoxy groups -OCH3 is 1. The lowest BCUT2D eigenvalue weighted by Crippen LogP contribution is -2.10. The number of carboxylic acids is 1. The summed E-state index contributed by atoms with van der Waals surface area (Å²) in [4.78, 5) is 25.6. The van der Waals surface area contributed by atoms with Gasteiger partial charge in [0.15, 0.2) is 11.6 Å². The number of ether oxygens (including phenoxy) is 1. The molecule has 0 saturated heterocycles. The molecule has 0 saturated carbocycles. The van der Waals surface area contributed by atoms with Crippen molar-refractivity contribution in [2.45, 2.75) is 0 Å². The molecule has 2 aromatic heterocycles. The number of halogens is 2. The van der Waals surface area contributed by atoms with Gasteiger partial charge >= 0.3 is 5.97 Å². The van der Waals surface area contributed by atoms with Gasteiger partial charge in [-0.25, -0.2) is 9.18 Å². The van der Waals surface area contributed by atoms with Crippen LogP contribution in [-0.4, -0.2) is 27.6 Å². The molecule has 0 fully saturated rings. The maximum absolute atomic E-state index is 14.4. The van der Waals surface area contributed by atoms with Gasteiger partial charge in [0.25, 0.3) is 5.56 Å². The Balaban J connectivity index is 2.25. The van der Waals surface area contributed by atoms with Crippen LogP contribution in [0.5, 0.6) is 5.75 Å². The summed E-state index contributed by atoms with van der Waals surface area (Å²) in [5.74, 6) is -2.02.